The highest BCUT2D eigenvalue weighted by atomic mass is 35.5. The number of aliphatic hydroxyl groups is 2. The van der Waals surface area contributed by atoms with Gasteiger partial charge >= 0.3 is 0 Å². The van der Waals surface area contributed by atoms with Crippen molar-refractivity contribution in [2.45, 2.75) is 6.54 Å². The molecule has 0 aliphatic carbocycles. The quantitative estimate of drug-likeness (QED) is 0.275. The van der Waals surface area contributed by atoms with Crippen LogP contribution in [0.5, 0.6) is 5.88 Å². The number of aromatic hydroxyl groups is 1. The minimum atomic E-state index is 0.0372. The SMILES string of the molecule is OCCN(CCO)Cc1ccc(N=C(c2ccccc2)c2c(O)[nH]c3cc(Cl)ccc23)cc1. The lowest BCUT2D eigenvalue weighted by atomic mass is 10.0. The van der Waals surface area contributed by atoms with Crippen LogP contribution < -0.4 is 0 Å². The van der Waals surface area contributed by atoms with Crippen LogP contribution in [-0.2, 0) is 6.54 Å². The van der Waals surface area contributed by atoms with Gasteiger partial charge in [0.2, 0.25) is 0 Å². The molecule has 33 heavy (non-hydrogen) atoms. The van der Waals surface area contributed by atoms with E-state index >= 15 is 0 Å². The maximum absolute atomic E-state index is 10.8. The Bertz CT molecular complexity index is 1230. The summed E-state index contributed by atoms with van der Waals surface area (Å²) in [6.07, 6.45) is 0. The summed E-state index contributed by atoms with van der Waals surface area (Å²) in [4.78, 5) is 9.90. The Labute approximate surface area is 197 Å². The first-order valence-corrected chi connectivity index (χ1v) is 11.1. The van der Waals surface area contributed by atoms with Gasteiger partial charge in [-0.1, -0.05) is 60.1 Å². The highest BCUT2D eigenvalue weighted by molar-refractivity contribution is 6.31. The van der Waals surface area contributed by atoms with Crippen LogP contribution in [0, 0.1) is 0 Å². The van der Waals surface area contributed by atoms with Crippen LogP contribution in [0.4, 0.5) is 5.69 Å². The summed E-state index contributed by atoms with van der Waals surface area (Å²) < 4.78 is 0. The third-order valence-electron chi connectivity index (χ3n) is 5.44. The van der Waals surface area contributed by atoms with E-state index in [1.165, 1.54) is 0 Å². The standard InChI is InChI=1S/C26H26ClN3O3/c27-20-8-11-22-23(16-20)29-26(33)24(22)25(19-4-2-1-3-5-19)28-21-9-6-18(7-10-21)17-30(12-14-31)13-15-32/h1-11,16,29,31-33H,12-15,17H2. The molecule has 7 heteroatoms. The van der Waals surface area contributed by atoms with Crippen LogP contribution in [0.25, 0.3) is 10.9 Å². The molecule has 0 aliphatic rings. The fraction of sp³-hybridized carbons (Fsp3) is 0.192. The number of aliphatic hydroxyl groups excluding tert-OH is 2. The second-order valence-electron chi connectivity index (χ2n) is 7.75. The summed E-state index contributed by atoms with van der Waals surface area (Å²) in [5.41, 5.74) is 4.69. The number of halogens is 1. The van der Waals surface area contributed by atoms with E-state index in [0.29, 0.717) is 35.9 Å². The van der Waals surface area contributed by atoms with Gasteiger partial charge < -0.3 is 20.3 Å². The minimum absolute atomic E-state index is 0.0372. The summed E-state index contributed by atoms with van der Waals surface area (Å²) in [6.45, 7) is 1.72. The van der Waals surface area contributed by atoms with Crippen LogP contribution in [0.3, 0.4) is 0 Å². The Morgan fingerprint density at radius 2 is 1.61 bits per heavy atom. The molecule has 0 unspecified atom stereocenters. The first kappa shape index (κ1) is 23.0. The smallest absolute Gasteiger partial charge is 0.199 e. The van der Waals surface area contributed by atoms with Crippen molar-refractivity contribution < 1.29 is 15.3 Å². The van der Waals surface area contributed by atoms with Gasteiger partial charge in [-0.3, -0.25) is 4.90 Å². The van der Waals surface area contributed by atoms with Crippen molar-refractivity contribution in [3.8, 4) is 5.88 Å². The zero-order valence-corrected chi connectivity index (χ0v) is 18.8. The van der Waals surface area contributed by atoms with Gasteiger partial charge in [0.1, 0.15) is 0 Å². The van der Waals surface area contributed by atoms with Crippen molar-refractivity contribution in [2.75, 3.05) is 26.3 Å². The van der Waals surface area contributed by atoms with Crippen LogP contribution in [0.1, 0.15) is 16.7 Å². The fourth-order valence-corrected chi connectivity index (χ4v) is 4.04. The van der Waals surface area contributed by atoms with Crippen LogP contribution in [0.2, 0.25) is 5.02 Å². The number of hydrogen-bond acceptors (Lipinski definition) is 5. The predicted octanol–water partition coefficient (Wildman–Crippen LogP) is 4.48. The van der Waals surface area contributed by atoms with Gasteiger partial charge in [0.25, 0.3) is 0 Å². The Morgan fingerprint density at radius 1 is 0.909 bits per heavy atom. The number of nitrogens with zero attached hydrogens (tertiary/aromatic N) is 2. The molecular formula is C26H26ClN3O3. The monoisotopic (exact) mass is 463 g/mol. The molecule has 0 bridgehead atoms. The van der Waals surface area contributed by atoms with E-state index < -0.39 is 0 Å². The predicted molar refractivity (Wildman–Crippen MR) is 133 cm³/mol. The second kappa shape index (κ2) is 10.6. The van der Waals surface area contributed by atoms with Crippen molar-refractivity contribution >= 4 is 33.9 Å². The summed E-state index contributed by atoms with van der Waals surface area (Å²) in [6, 6.07) is 23.0. The molecule has 1 aromatic heterocycles. The Hall–Kier alpha value is -3.16. The normalized spacial score (nSPS) is 12.1. The molecule has 6 nitrogen and oxygen atoms in total. The summed E-state index contributed by atoms with van der Waals surface area (Å²) >= 11 is 6.13. The number of aromatic amines is 1. The molecule has 4 aromatic rings. The average molecular weight is 464 g/mol. The van der Waals surface area contributed by atoms with Gasteiger partial charge in [0.05, 0.1) is 35.7 Å². The molecule has 0 aliphatic heterocycles. The van der Waals surface area contributed by atoms with Crippen LogP contribution in [0.15, 0.2) is 77.8 Å². The number of hydrogen-bond donors (Lipinski definition) is 4. The van der Waals surface area contributed by atoms with Crippen LogP contribution in [-0.4, -0.2) is 57.2 Å². The molecule has 0 amide bonds. The first-order valence-electron chi connectivity index (χ1n) is 10.8. The van der Waals surface area contributed by atoms with Crippen LogP contribution >= 0.6 is 11.6 Å². The zero-order chi connectivity index (χ0) is 23.2. The third-order valence-corrected chi connectivity index (χ3v) is 5.68. The number of aliphatic imine (C=N–C) groups is 1. The molecule has 0 fully saturated rings. The van der Waals surface area contributed by atoms with Crippen molar-refractivity contribution in [1.82, 2.24) is 9.88 Å². The van der Waals surface area contributed by atoms with Gasteiger partial charge in [-0.15, -0.1) is 0 Å². The van der Waals surface area contributed by atoms with E-state index in [-0.39, 0.29) is 19.1 Å². The number of aromatic nitrogens is 1. The van der Waals surface area contributed by atoms with Gasteiger partial charge in [-0.2, -0.15) is 0 Å². The van der Waals surface area contributed by atoms with Crippen molar-refractivity contribution in [2.24, 2.45) is 4.99 Å². The molecular weight excluding hydrogens is 438 g/mol. The molecule has 3 aromatic carbocycles. The molecule has 0 spiro atoms. The molecule has 0 atom stereocenters. The Kier molecular flexibility index (Phi) is 7.42. The number of H-pyrrole nitrogens is 1. The molecule has 1 heterocycles. The van der Waals surface area contributed by atoms with E-state index in [4.69, 9.17) is 16.6 Å². The molecule has 0 radical (unpaired) electrons. The minimum Gasteiger partial charge on any atom is -0.494 e. The van der Waals surface area contributed by atoms with Gasteiger partial charge in [-0.05, 0) is 29.8 Å². The van der Waals surface area contributed by atoms with Gasteiger partial charge in [0, 0.05) is 35.6 Å². The number of benzene rings is 3. The first-order chi connectivity index (χ1) is 16.1. The largest absolute Gasteiger partial charge is 0.494 e. The summed E-state index contributed by atoms with van der Waals surface area (Å²) in [5, 5.41) is 30.6. The summed E-state index contributed by atoms with van der Waals surface area (Å²) in [7, 11) is 0. The van der Waals surface area contributed by atoms with Gasteiger partial charge in [-0.25, -0.2) is 4.99 Å². The molecule has 170 valence electrons. The molecule has 4 N–H and O–H groups in total. The topological polar surface area (TPSA) is 92.1 Å². The van der Waals surface area contributed by atoms with E-state index in [2.05, 4.69) is 4.98 Å². The lowest BCUT2D eigenvalue weighted by Gasteiger charge is -2.20. The zero-order valence-electron chi connectivity index (χ0n) is 18.1. The highest BCUT2D eigenvalue weighted by Crippen LogP contribution is 2.32. The molecule has 0 saturated heterocycles. The maximum atomic E-state index is 10.8. The average Bonchev–Trinajstić information content (AvgIpc) is 3.14. The molecule has 0 saturated carbocycles. The van der Waals surface area contributed by atoms with E-state index in [1.54, 1.807) is 12.1 Å². The van der Waals surface area contributed by atoms with E-state index in [9.17, 15) is 15.3 Å². The highest BCUT2D eigenvalue weighted by Gasteiger charge is 2.18. The summed E-state index contributed by atoms with van der Waals surface area (Å²) in [5.74, 6) is 0.0372. The second-order valence-corrected chi connectivity index (χ2v) is 8.19. The van der Waals surface area contributed by atoms with E-state index in [1.807, 2.05) is 65.6 Å². The van der Waals surface area contributed by atoms with Crippen molar-refractivity contribution in [1.29, 1.82) is 0 Å². The van der Waals surface area contributed by atoms with Gasteiger partial charge in [0.15, 0.2) is 5.88 Å². The Balaban J connectivity index is 1.73. The Morgan fingerprint density at radius 3 is 2.27 bits per heavy atom. The van der Waals surface area contributed by atoms with Crippen molar-refractivity contribution in [3.05, 3.63) is 94.5 Å². The fourth-order valence-electron chi connectivity index (χ4n) is 3.87. The number of rotatable bonds is 9. The lowest BCUT2D eigenvalue weighted by Crippen LogP contribution is -2.29. The number of nitrogens with one attached hydrogen (secondary N) is 1. The van der Waals surface area contributed by atoms with Crippen molar-refractivity contribution in [3.63, 3.8) is 0 Å². The molecule has 4 rings (SSSR count). The van der Waals surface area contributed by atoms with E-state index in [0.717, 1.165) is 27.7 Å². The number of fused-ring (bicyclic) bond motifs is 1. The maximum Gasteiger partial charge on any atom is 0.199 e. The third kappa shape index (κ3) is 5.43. The lowest BCUT2D eigenvalue weighted by molar-refractivity contribution is 0.156.